The summed E-state index contributed by atoms with van der Waals surface area (Å²) in [5.74, 6) is -3.33. The van der Waals surface area contributed by atoms with Gasteiger partial charge in [0.1, 0.15) is 17.9 Å². The predicted molar refractivity (Wildman–Crippen MR) is 158 cm³/mol. The molecule has 0 unspecified atom stereocenters. The van der Waals surface area contributed by atoms with Crippen LogP contribution in [0.5, 0.6) is 0 Å². The Morgan fingerprint density at radius 1 is 1.09 bits per heavy atom. The first-order valence-corrected chi connectivity index (χ1v) is 16.8. The molecule has 0 saturated carbocycles. The molecule has 2 fully saturated rings. The SMILES string of the molecule is CS(=O)(=O)N[C@H](CCC1CCNCC1)C(=O)N1C[C@H](OCc2ccc(Br)cc2F)C[C@H]1C(=O)NCc1ccc(F)c(F)c1. The second kappa shape index (κ2) is 15.0. The van der Waals surface area contributed by atoms with Gasteiger partial charge in [0.15, 0.2) is 11.6 Å². The highest BCUT2D eigenvalue weighted by molar-refractivity contribution is 9.10. The van der Waals surface area contributed by atoms with Crippen LogP contribution >= 0.6 is 15.9 Å². The van der Waals surface area contributed by atoms with Crippen molar-refractivity contribution < 1.29 is 35.9 Å². The number of ether oxygens (including phenoxy) is 1. The molecule has 3 N–H and O–H groups in total. The third-order valence-corrected chi connectivity index (χ3v) is 8.97. The summed E-state index contributed by atoms with van der Waals surface area (Å²) in [5.41, 5.74) is 0.617. The highest BCUT2D eigenvalue weighted by Crippen LogP contribution is 2.26. The molecule has 236 valence electrons. The monoisotopic (exact) mass is 688 g/mol. The molecule has 2 aliphatic rings. The van der Waals surface area contributed by atoms with Crippen LogP contribution in [0.15, 0.2) is 40.9 Å². The van der Waals surface area contributed by atoms with E-state index in [1.807, 2.05) is 0 Å². The van der Waals surface area contributed by atoms with Crippen molar-refractivity contribution in [2.45, 2.75) is 63.4 Å². The molecule has 9 nitrogen and oxygen atoms in total. The Hall–Kier alpha value is -2.52. The number of nitrogens with one attached hydrogen (secondary N) is 3. The van der Waals surface area contributed by atoms with E-state index in [9.17, 15) is 31.2 Å². The highest BCUT2D eigenvalue weighted by atomic mass is 79.9. The van der Waals surface area contributed by atoms with Gasteiger partial charge in [-0.2, -0.15) is 0 Å². The molecule has 2 heterocycles. The summed E-state index contributed by atoms with van der Waals surface area (Å²) < 4.78 is 74.8. The smallest absolute Gasteiger partial charge is 0.243 e. The van der Waals surface area contributed by atoms with Crippen molar-refractivity contribution in [2.75, 3.05) is 25.9 Å². The van der Waals surface area contributed by atoms with Gasteiger partial charge in [0.25, 0.3) is 0 Å². The highest BCUT2D eigenvalue weighted by Gasteiger charge is 2.42. The molecule has 43 heavy (non-hydrogen) atoms. The number of piperidine rings is 1. The maximum absolute atomic E-state index is 14.4. The Kier molecular flexibility index (Phi) is 11.6. The van der Waals surface area contributed by atoms with E-state index in [4.69, 9.17) is 4.74 Å². The average molecular weight is 690 g/mol. The minimum absolute atomic E-state index is 0.0183. The van der Waals surface area contributed by atoms with Gasteiger partial charge in [-0.15, -0.1) is 0 Å². The maximum atomic E-state index is 14.4. The molecule has 2 amide bonds. The number of nitrogens with zero attached hydrogens (tertiary/aromatic N) is 1. The molecule has 0 bridgehead atoms. The Bertz CT molecular complexity index is 1410. The number of carbonyl (C=O) groups is 2. The van der Waals surface area contributed by atoms with Gasteiger partial charge < -0.3 is 20.3 Å². The van der Waals surface area contributed by atoms with E-state index in [1.54, 1.807) is 12.1 Å². The Morgan fingerprint density at radius 3 is 2.51 bits per heavy atom. The molecule has 2 saturated heterocycles. The first kappa shape index (κ1) is 33.4. The lowest BCUT2D eigenvalue weighted by atomic mass is 9.91. The quantitative estimate of drug-likeness (QED) is 0.315. The van der Waals surface area contributed by atoms with Crippen molar-refractivity contribution in [1.29, 1.82) is 0 Å². The van der Waals surface area contributed by atoms with Gasteiger partial charge in [-0.1, -0.05) is 28.1 Å². The molecule has 0 radical (unpaired) electrons. The summed E-state index contributed by atoms with van der Waals surface area (Å²) in [6.45, 7) is 1.47. The maximum Gasteiger partial charge on any atom is 0.243 e. The van der Waals surface area contributed by atoms with E-state index < -0.39 is 57.5 Å². The molecular formula is C29H36BrF3N4O5S. The third-order valence-electron chi connectivity index (χ3n) is 7.77. The standard InChI is InChI=1S/C29H36BrF3N4O5S/c1-43(40,41)36-26(7-3-18-8-10-34-11-9-18)29(39)37-16-22(42-17-20-4-5-21(30)13-24(20)32)14-27(37)28(38)35-15-19-2-6-23(31)25(33)12-19/h2,4-6,12-13,18,22,26-27,34,36H,3,7-11,14-17H2,1H3,(H,35,38)/t22-,26-,27+/m1/s1. The van der Waals surface area contributed by atoms with Crippen LogP contribution in [0.3, 0.4) is 0 Å². The largest absolute Gasteiger partial charge is 0.371 e. The summed E-state index contributed by atoms with van der Waals surface area (Å²) in [7, 11) is -3.76. The topological polar surface area (TPSA) is 117 Å². The number of likely N-dealkylation sites (tertiary alicyclic amines) is 1. The Balaban J connectivity index is 1.50. The van der Waals surface area contributed by atoms with Crippen LogP contribution in [0.2, 0.25) is 0 Å². The predicted octanol–water partition coefficient (Wildman–Crippen LogP) is 3.37. The Labute approximate surface area is 258 Å². The summed E-state index contributed by atoms with van der Waals surface area (Å²) in [6.07, 6.45) is 3.13. The number of hydrogen-bond donors (Lipinski definition) is 3. The molecule has 4 rings (SSSR count). The van der Waals surface area contributed by atoms with Crippen LogP contribution in [-0.2, 0) is 37.5 Å². The minimum Gasteiger partial charge on any atom is -0.371 e. The average Bonchev–Trinajstić information content (AvgIpc) is 3.39. The molecular weight excluding hydrogens is 653 g/mol. The summed E-state index contributed by atoms with van der Waals surface area (Å²) >= 11 is 3.21. The van der Waals surface area contributed by atoms with Crippen molar-refractivity contribution in [2.24, 2.45) is 5.92 Å². The summed E-state index contributed by atoms with van der Waals surface area (Å²) in [5, 5.41) is 5.95. The zero-order chi connectivity index (χ0) is 31.1. The van der Waals surface area contributed by atoms with Crippen molar-refractivity contribution >= 4 is 37.8 Å². The number of halogens is 4. The lowest BCUT2D eigenvalue weighted by Gasteiger charge is -2.30. The normalized spacial score (nSPS) is 20.3. The number of benzene rings is 2. The van der Waals surface area contributed by atoms with Crippen LogP contribution in [0.25, 0.3) is 0 Å². The number of rotatable bonds is 12. The third kappa shape index (κ3) is 9.73. The van der Waals surface area contributed by atoms with Gasteiger partial charge in [-0.25, -0.2) is 26.3 Å². The molecule has 0 spiro atoms. The lowest BCUT2D eigenvalue weighted by Crippen LogP contribution is -2.53. The molecule has 14 heteroatoms. The number of sulfonamides is 1. The first-order chi connectivity index (χ1) is 20.4. The van der Waals surface area contributed by atoms with Crippen LogP contribution in [0, 0.1) is 23.4 Å². The number of amides is 2. The molecule has 2 aliphatic heterocycles. The van der Waals surface area contributed by atoms with Crippen molar-refractivity contribution in [3.8, 4) is 0 Å². The zero-order valence-corrected chi connectivity index (χ0v) is 26.2. The summed E-state index contributed by atoms with van der Waals surface area (Å²) in [6, 6.07) is 5.69. The second-order valence-corrected chi connectivity index (χ2v) is 13.8. The van der Waals surface area contributed by atoms with Crippen molar-refractivity contribution in [1.82, 2.24) is 20.3 Å². The van der Waals surface area contributed by atoms with Crippen LogP contribution in [0.4, 0.5) is 13.2 Å². The van der Waals surface area contributed by atoms with Gasteiger partial charge in [-0.3, -0.25) is 9.59 Å². The van der Waals surface area contributed by atoms with Gasteiger partial charge in [-0.05, 0) is 74.5 Å². The fourth-order valence-corrected chi connectivity index (χ4v) is 6.55. The molecule has 2 aromatic carbocycles. The van der Waals surface area contributed by atoms with Crippen LogP contribution in [0.1, 0.15) is 43.2 Å². The molecule has 2 aromatic rings. The fraction of sp³-hybridized carbons (Fsp3) is 0.517. The molecule has 0 aromatic heterocycles. The van der Waals surface area contributed by atoms with Crippen molar-refractivity contribution in [3.63, 3.8) is 0 Å². The Morgan fingerprint density at radius 2 is 1.84 bits per heavy atom. The van der Waals surface area contributed by atoms with Crippen LogP contribution < -0.4 is 15.4 Å². The molecule has 3 atom stereocenters. The second-order valence-electron chi connectivity index (χ2n) is 11.1. The fourth-order valence-electron chi connectivity index (χ4n) is 5.48. The number of hydrogen-bond acceptors (Lipinski definition) is 6. The van der Waals surface area contributed by atoms with Gasteiger partial charge in [0.2, 0.25) is 21.8 Å². The minimum atomic E-state index is -3.76. The van der Waals surface area contributed by atoms with E-state index >= 15 is 0 Å². The van der Waals surface area contributed by atoms with E-state index in [-0.39, 0.29) is 32.5 Å². The van der Waals surface area contributed by atoms with E-state index in [0.717, 1.165) is 44.3 Å². The van der Waals surface area contributed by atoms with E-state index in [0.29, 0.717) is 27.9 Å². The zero-order valence-electron chi connectivity index (χ0n) is 23.8. The summed E-state index contributed by atoms with van der Waals surface area (Å²) in [4.78, 5) is 28.5. The first-order valence-electron chi connectivity index (χ1n) is 14.1. The number of carbonyl (C=O) groups excluding carboxylic acids is 2. The van der Waals surface area contributed by atoms with Gasteiger partial charge in [0, 0.05) is 29.5 Å². The van der Waals surface area contributed by atoms with E-state index in [1.165, 1.54) is 17.0 Å². The van der Waals surface area contributed by atoms with Crippen molar-refractivity contribution in [3.05, 3.63) is 69.4 Å². The van der Waals surface area contributed by atoms with E-state index in [2.05, 4.69) is 31.3 Å². The van der Waals surface area contributed by atoms with Gasteiger partial charge in [0.05, 0.1) is 19.0 Å². The van der Waals surface area contributed by atoms with Gasteiger partial charge >= 0.3 is 0 Å². The lowest BCUT2D eigenvalue weighted by molar-refractivity contribution is -0.140. The molecule has 0 aliphatic carbocycles. The van der Waals surface area contributed by atoms with Crippen LogP contribution in [-0.4, -0.2) is 69.2 Å².